The van der Waals surface area contributed by atoms with Crippen LogP contribution in [0.3, 0.4) is 0 Å². The zero-order valence-electron chi connectivity index (χ0n) is 13.6. The summed E-state index contributed by atoms with van der Waals surface area (Å²) in [7, 11) is 2.18. The molecular weight excluding hydrogens is 325 g/mol. The molecule has 0 radical (unpaired) electrons. The molecule has 2 aromatic rings. The van der Waals surface area contributed by atoms with E-state index in [1.54, 1.807) is 0 Å². The Morgan fingerprint density at radius 2 is 2.29 bits per heavy atom. The molecule has 0 bridgehead atoms. The smallest absolute Gasteiger partial charge is 0.231 e. The van der Waals surface area contributed by atoms with E-state index in [1.165, 1.54) is 10.9 Å². The second-order valence-corrected chi connectivity index (χ2v) is 8.12. The molecule has 3 nitrogen and oxygen atoms in total. The van der Waals surface area contributed by atoms with E-state index >= 15 is 0 Å². The lowest BCUT2D eigenvalue weighted by Gasteiger charge is -2.32. The van der Waals surface area contributed by atoms with E-state index in [9.17, 15) is 4.39 Å². The van der Waals surface area contributed by atoms with Gasteiger partial charge < -0.3 is 14.4 Å². The molecule has 5 heteroatoms. The molecule has 1 saturated heterocycles. The van der Waals surface area contributed by atoms with Gasteiger partial charge in [-0.15, -0.1) is 11.3 Å². The molecule has 24 heavy (non-hydrogen) atoms. The number of hydrogen-bond acceptors (Lipinski definition) is 4. The van der Waals surface area contributed by atoms with Crippen molar-refractivity contribution >= 4 is 11.3 Å². The van der Waals surface area contributed by atoms with Gasteiger partial charge in [0.05, 0.1) is 0 Å². The molecule has 1 aromatic heterocycles. The fourth-order valence-electron chi connectivity index (χ4n) is 4.87. The van der Waals surface area contributed by atoms with E-state index in [2.05, 4.69) is 29.5 Å². The van der Waals surface area contributed by atoms with Crippen molar-refractivity contribution in [3.63, 3.8) is 0 Å². The summed E-state index contributed by atoms with van der Waals surface area (Å²) in [4.78, 5) is 3.85. The fourth-order valence-corrected chi connectivity index (χ4v) is 5.62. The van der Waals surface area contributed by atoms with Crippen LogP contribution in [0.5, 0.6) is 11.5 Å². The summed E-state index contributed by atoms with van der Waals surface area (Å²) >= 11 is 1.82. The van der Waals surface area contributed by atoms with E-state index in [1.807, 2.05) is 11.3 Å². The highest BCUT2D eigenvalue weighted by Gasteiger charge is 2.46. The van der Waals surface area contributed by atoms with Gasteiger partial charge in [-0.05, 0) is 49.2 Å². The maximum absolute atomic E-state index is 14.8. The minimum absolute atomic E-state index is 0.117. The van der Waals surface area contributed by atoms with Crippen LogP contribution in [0.25, 0.3) is 0 Å². The number of nitrogens with zero attached hydrogens (tertiary/aromatic N) is 1. The Morgan fingerprint density at radius 1 is 1.38 bits per heavy atom. The van der Waals surface area contributed by atoms with Gasteiger partial charge in [-0.1, -0.05) is 6.07 Å². The molecule has 0 amide bonds. The number of rotatable bonds is 2. The van der Waals surface area contributed by atoms with E-state index in [0.717, 1.165) is 42.7 Å². The van der Waals surface area contributed by atoms with Crippen molar-refractivity contribution in [2.75, 3.05) is 20.4 Å². The van der Waals surface area contributed by atoms with Crippen LogP contribution in [-0.2, 0) is 12.8 Å². The highest BCUT2D eigenvalue weighted by Crippen LogP contribution is 2.51. The Hall–Kier alpha value is -1.59. The predicted octanol–water partition coefficient (Wildman–Crippen LogP) is 3.82. The Morgan fingerprint density at radius 3 is 3.12 bits per heavy atom. The first kappa shape index (κ1) is 14.7. The molecule has 5 rings (SSSR count). The Balaban J connectivity index is 1.52. The highest BCUT2D eigenvalue weighted by atomic mass is 32.1. The maximum atomic E-state index is 14.8. The van der Waals surface area contributed by atoms with Gasteiger partial charge >= 0.3 is 0 Å². The number of halogens is 1. The second-order valence-electron chi connectivity index (χ2n) is 7.08. The zero-order valence-corrected chi connectivity index (χ0v) is 14.4. The summed E-state index contributed by atoms with van der Waals surface area (Å²) in [5.74, 6) is 2.02. The molecule has 0 N–H and O–H groups in total. The van der Waals surface area contributed by atoms with Crippen molar-refractivity contribution < 1.29 is 13.9 Å². The van der Waals surface area contributed by atoms with Gasteiger partial charge in [0.2, 0.25) is 6.79 Å². The van der Waals surface area contributed by atoms with E-state index < -0.39 is 0 Å². The fraction of sp³-hybridized carbons (Fsp3) is 0.474. The molecule has 0 saturated carbocycles. The predicted molar refractivity (Wildman–Crippen MR) is 91.5 cm³/mol. The van der Waals surface area contributed by atoms with Crippen LogP contribution in [0.15, 0.2) is 23.6 Å². The number of hydrogen-bond donors (Lipinski definition) is 0. The Kier molecular flexibility index (Phi) is 3.35. The van der Waals surface area contributed by atoms with Gasteiger partial charge in [-0.2, -0.15) is 0 Å². The minimum Gasteiger partial charge on any atom is -0.453 e. The number of likely N-dealkylation sites (N-methyl/N-ethyl adjacent to an activating group) is 1. The summed E-state index contributed by atoms with van der Waals surface area (Å²) < 4.78 is 25.9. The van der Waals surface area contributed by atoms with Gasteiger partial charge in [0.15, 0.2) is 11.5 Å². The molecule has 3 aliphatic rings. The van der Waals surface area contributed by atoms with Crippen LogP contribution in [0.2, 0.25) is 0 Å². The average molecular weight is 345 g/mol. The number of fused-ring (bicyclic) bond motifs is 5. The van der Waals surface area contributed by atoms with E-state index in [-0.39, 0.29) is 18.5 Å². The van der Waals surface area contributed by atoms with Crippen LogP contribution >= 0.6 is 11.3 Å². The third-order valence-corrected chi connectivity index (χ3v) is 6.81. The minimum atomic E-state index is -0.117. The lowest BCUT2D eigenvalue weighted by atomic mass is 9.73. The Labute approximate surface area is 145 Å². The standard InChI is InChI=1S/C19H20FNO2S/c1-21-9-14-12(16(21)7-11-3-2-6-24-11)4-5-13-18(14)15(20)8-17-19(13)23-10-22-17/h2-3,6,8,12,14,16H,4-5,7,9-10H2,1H3. The maximum Gasteiger partial charge on any atom is 0.231 e. The normalized spacial score (nSPS) is 28.0. The summed E-state index contributed by atoms with van der Waals surface area (Å²) in [5, 5.41) is 2.14. The first-order valence-corrected chi connectivity index (χ1v) is 9.44. The third-order valence-electron chi connectivity index (χ3n) is 5.91. The quantitative estimate of drug-likeness (QED) is 0.826. The lowest BCUT2D eigenvalue weighted by Crippen LogP contribution is -2.32. The Bertz CT molecular complexity index is 776. The summed E-state index contributed by atoms with van der Waals surface area (Å²) in [6.45, 7) is 1.13. The molecule has 126 valence electrons. The molecule has 3 unspecified atom stereocenters. The van der Waals surface area contributed by atoms with Crippen LogP contribution in [0.1, 0.15) is 28.3 Å². The van der Waals surface area contributed by atoms with Crippen molar-refractivity contribution in [2.45, 2.75) is 31.2 Å². The van der Waals surface area contributed by atoms with Crippen LogP contribution in [0, 0.1) is 11.7 Å². The van der Waals surface area contributed by atoms with E-state index in [0.29, 0.717) is 17.7 Å². The monoisotopic (exact) mass is 345 g/mol. The van der Waals surface area contributed by atoms with Gasteiger partial charge in [-0.25, -0.2) is 4.39 Å². The van der Waals surface area contributed by atoms with Gasteiger partial charge in [0.25, 0.3) is 0 Å². The number of thiophene rings is 1. The number of benzene rings is 1. The highest BCUT2D eigenvalue weighted by molar-refractivity contribution is 7.09. The summed E-state index contributed by atoms with van der Waals surface area (Å²) in [6.07, 6.45) is 3.04. The third kappa shape index (κ3) is 2.11. The number of ether oxygens (including phenoxy) is 2. The first-order chi connectivity index (χ1) is 11.7. The van der Waals surface area contributed by atoms with Crippen molar-refractivity contribution in [1.29, 1.82) is 0 Å². The summed E-state index contributed by atoms with van der Waals surface area (Å²) in [6, 6.07) is 6.34. The molecule has 3 heterocycles. The first-order valence-electron chi connectivity index (χ1n) is 8.56. The van der Waals surface area contributed by atoms with Crippen LogP contribution in [0.4, 0.5) is 4.39 Å². The SMILES string of the molecule is CN1CC2c3c(F)cc4c(c3CCC2C1Cc1cccs1)OCO4. The molecular formula is C19H20FNO2S. The molecule has 0 spiro atoms. The molecule has 1 aliphatic carbocycles. The van der Waals surface area contributed by atoms with Crippen molar-refractivity contribution in [2.24, 2.45) is 5.92 Å². The molecule has 2 aliphatic heterocycles. The average Bonchev–Trinajstić information content (AvgIpc) is 3.28. The van der Waals surface area contributed by atoms with Crippen LogP contribution < -0.4 is 9.47 Å². The van der Waals surface area contributed by atoms with Gasteiger partial charge in [0.1, 0.15) is 5.82 Å². The molecule has 1 aromatic carbocycles. The second kappa shape index (κ2) is 5.46. The van der Waals surface area contributed by atoms with Crippen molar-refractivity contribution in [3.8, 4) is 11.5 Å². The van der Waals surface area contributed by atoms with E-state index in [4.69, 9.17) is 9.47 Å². The largest absolute Gasteiger partial charge is 0.453 e. The molecule has 1 fully saturated rings. The number of likely N-dealkylation sites (tertiary alicyclic amines) is 1. The van der Waals surface area contributed by atoms with Gasteiger partial charge in [0, 0.05) is 35.0 Å². The zero-order chi connectivity index (χ0) is 16.3. The van der Waals surface area contributed by atoms with Crippen molar-refractivity contribution in [3.05, 3.63) is 45.4 Å². The van der Waals surface area contributed by atoms with Gasteiger partial charge in [-0.3, -0.25) is 0 Å². The lowest BCUT2D eigenvalue weighted by molar-refractivity contribution is 0.172. The van der Waals surface area contributed by atoms with Crippen LogP contribution in [-0.4, -0.2) is 31.3 Å². The van der Waals surface area contributed by atoms with Crippen molar-refractivity contribution in [1.82, 2.24) is 4.90 Å². The molecule has 3 atom stereocenters. The summed E-state index contributed by atoms with van der Waals surface area (Å²) in [5.41, 5.74) is 1.94. The topological polar surface area (TPSA) is 21.7 Å².